The number of likely N-dealkylation sites (N-methyl/N-ethyl adjacent to an activating group) is 1. The van der Waals surface area contributed by atoms with E-state index in [1.54, 1.807) is 0 Å². The number of hydrogen-bond donors (Lipinski definition) is 2. The van der Waals surface area contributed by atoms with Crippen molar-refractivity contribution in [2.24, 2.45) is 0 Å². The summed E-state index contributed by atoms with van der Waals surface area (Å²) in [6.07, 6.45) is 0.909. The third-order valence-corrected chi connectivity index (χ3v) is 5.34. The lowest BCUT2D eigenvalue weighted by atomic mass is 9.92. The van der Waals surface area contributed by atoms with Crippen LogP contribution in [-0.2, 0) is 13.0 Å². The van der Waals surface area contributed by atoms with E-state index in [1.165, 1.54) is 24.1 Å². The highest BCUT2D eigenvalue weighted by Gasteiger charge is 2.26. The molecule has 1 aliphatic rings. The molecule has 4 rings (SSSR count). The molecule has 6 nitrogen and oxygen atoms in total. The zero-order valence-corrected chi connectivity index (χ0v) is 16.2. The van der Waals surface area contributed by atoms with Crippen molar-refractivity contribution in [1.82, 2.24) is 10.1 Å². The number of carbonyl (C=O) groups excluding carboxylic acids is 1. The van der Waals surface area contributed by atoms with Crippen LogP contribution in [0.3, 0.4) is 0 Å². The molecule has 1 aliphatic heterocycles. The molecule has 2 N–H and O–H groups in total. The third kappa shape index (κ3) is 3.15. The van der Waals surface area contributed by atoms with Crippen molar-refractivity contribution in [2.75, 3.05) is 13.6 Å². The van der Waals surface area contributed by atoms with E-state index >= 15 is 0 Å². The topological polar surface area (TPSA) is 86.8 Å². The minimum atomic E-state index is -0.244. The fourth-order valence-electron chi connectivity index (χ4n) is 3.56. The van der Waals surface area contributed by atoms with E-state index in [0.29, 0.717) is 5.56 Å². The monoisotopic (exact) mass is 398 g/mol. The highest BCUT2D eigenvalue weighted by Crippen LogP contribution is 2.43. The quantitative estimate of drug-likeness (QED) is 0.641. The summed E-state index contributed by atoms with van der Waals surface area (Å²) in [6, 6.07) is 8.56. The van der Waals surface area contributed by atoms with Crippen molar-refractivity contribution in [3.05, 3.63) is 52.2 Å². The van der Waals surface area contributed by atoms with Crippen LogP contribution in [0.4, 0.5) is 0 Å². The number of carbonyl (C=O) groups is 1. The van der Waals surface area contributed by atoms with Crippen LogP contribution in [0.5, 0.6) is 11.5 Å². The highest BCUT2D eigenvalue weighted by molar-refractivity contribution is 6.32. The van der Waals surface area contributed by atoms with Gasteiger partial charge in [-0.3, -0.25) is 4.79 Å². The van der Waals surface area contributed by atoms with E-state index in [4.69, 9.17) is 16.1 Å². The average Bonchev–Trinajstić information content (AvgIpc) is 3.09. The normalized spacial score (nSPS) is 14.1. The summed E-state index contributed by atoms with van der Waals surface area (Å²) in [5.74, 6) is -0.466. The largest absolute Gasteiger partial charge is 0.507 e. The van der Waals surface area contributed by atoms with Crippen molar-refractivity contribution in [1.29, 1.82) is 0 Å². The number of hydrogen-bond acceptors (Lipinski definition) is 6. The summed E-state index contributed by atoms with van der Waals surface area (Å²) in [5.41, 5.74) is 4.20. The van der Waals surface area contributed by atoms with Crippen molar-refractivity contribution in [3.8, 4) is 33.9 Å². The summed E-state index contributed by atoms with van der Waals surface area (Å²) in [5, 5.41) is 24.0. The zero-order chi connectivity index (χ0) is 20.0. The van der Waals surface area contributed by atoms with E-state index in [0.717, 1.165) is 31.1 Å². The van der Waals surface area contributed by atoms with Gasteiger partial charge in [-0.1, -0.05) is 35.0 Å². The van der Waals surface area contributed by atoms with Gasteiger partial charge < -0.3 is 19.6 Å². The average molecular weight is 399 g/mol. The second kappa shape index (κ2) is 6.96. The Hall–Kier alpha value is -2.83. The Balaban J connectivity index is 1.91. The van der Waals surface area contributed by atoms with E-state index in [2.05, 4.69) is 17.1 Å². The van der Waals surface area contributed by atoms with Gasteiger partial charge in [0.15, 0.2) is 17.2 Å². The van der Waals surface area contributed by atoms with Crippen LogP contribution < -0.4 is 0 Å². The maximum Gasteiger partial charge on any atom is 0.182 e. The van der Waals surface area contributed by atoms with Gasteiger partial charge in [-0.2, -0.15) is 0 Å². The van der Waals surface area contributed by atoms with Gasteiger partial charge in [0.05, 0.1) is 16.1 Å². The number of phenolic OH excluding ortho intramolecular Hbond substituents is 2. The molecule has 0 atom stereocenters. The van der Waals surface area contributed by atoms with Crippen LogP contribution in [-0.4, -0.2) is 39.6 Å². The van der Waals surface area contributed by atoms with E-state index in [1.807, 2.05) is 18.2 Å². The van der Waals surface area contributed by atoms with E-state index < -0.39 is 0 Å². The van der Waals surface area contributed by atoms with Crippen LogP contribution in [0.15, 0.2) is 34.9 Å². The molecule has 0 unspecified atom stereocenters. The van der Waals surface area contributed by atoms with Crippen molar-refractivity contribution in [3.63, 3.8) is 0 Å². The lowest BCUT2D eigenvalue weighted by Gasteiger charge is -2.25. The second-order valence-corrected chi connectivity index (χ2v) is 7.49. The number of aromatic nitrogens is 1. The zero-order valence-electron chi connectivity index (χ0n) is 15.5. The minimum Gasteiger partial charge on any atom is -0.507 e. The number of fused-ring (bicyclic) bond motifs is 1. The molecule has 7 heteroatoms. The Morgan fingerprint density at radius 3 is 2.71 bits per heavy atom. The van der Waals surface area contributed by atoms with E-state index in [-0.39, 0.29) is 39.3 Å². The summed E-state index contributed by atoms with van der Waals surface area (Å²) in [7, 11) is 2.08. The summed E-state index contributed by atoms with van der Waals surface area (Å²) < 4.78 is 5.46. The number of aromatic hydroxyl groups is 2. The molecule has 0 radical (unpaired) electrons. The SMILES string of the molecule is CC(=O)c1noc(-c2cc(Cl)c(O)cc2O)c1-c1ccc2c(c1)CCN(C)C2. The smallest absolute Gasteiger partial charge is 0.182 e. The first-order chi connectivity index (χ1) is 13.3. The number of Topliss-reactive ketones (excluding diaryl/α,β-unsaturated/α-hetero) is 1. The van der Waals surface area contributed by atoms with Crippen molar-refractivity contribution in [2.45, 2.75) is 19.9 Å². The van der Waals surface area contributed by atoms with Crippen molar-refractivity contribution < 1.29 is 19.5 Å². The molecule has 2 heterocycles. The number of phenols is 2. The maximum atomic E-state index is 12.2. The van der Waals surface area contributed by atoms with Crippen molar-refractivity contribution >= 4 is 17.4 Å². The van der Waals surface area contributed by atoms with Crippen LogP contribution >= 0.6 is 11.6 Å². The predicted octanol–water partition coefficient (Wildman–Crippen LogP) is 4.26. The van der Waals surface area contributed by atoms with Crippen LogP contribution in [0.1, 0.15) is 28.5 Å². The number of ketones is 1. The molecule has 0 amide bonds. The fourth-order valence-corrected chi connectivity index (χ4v) is 3.73. The molecule has 0 aliphatic carbocycles. The molecule has 1 aromatic heterocycles. The van der Waals surface area contributed by atoms with Gasteiger partial charge in [-0.15, -0.1) is 0 Å². The predicted molar refractivity (Wildman–Crippen MR) is 106 cm³/mol. The number of benzene rings is 2. The first-order valence-corrected chi connectivity index (χ1v) is 9.26. The lowest BCUT2D eigenvalue weighted by molar-refractivity contribution is 0.101. The van der Waals surface area contributed by atoms with Gasteiger partial charge in [0.25, 0.3) is 0 Å². The second-order valence-electron chi connectivity index (χ2n) is 7.08. The molecule has 3 aromatic rings. The molecular weight excluding hydrogens is 380 g/mol. The van der Waals surface area contributed by atoms with Gasteiger partial charge in [-0.25, -0.2) is 0 Å². The summed E-state index contributed by atoms with van der Waals surface area (Å²) in [4.78, 5) is 14.4. The van der Waals surface area contributed by atoms with Crippen LogP contribution in [0, 0.1) is 0 Å². The molecule has 0 fully saturated rings. The number of halogens is 1. The van der Waals surface area contributed by atoms with Crippen LogP contribution in [0.2, 0.25) is 5.02 Å². The van der Waals surface area contributed by atoms with Crippen LogP contribution in [0.25, 0.3) is 22.5 Å². The molecule has 28 heavy (non-hydrogen) atoms. The molecular formula is C21H19ClN2O4. The molecule has 0 saturated carbocycles. The third-order valence-electron chi connectivity index (χ3n) is 5.03. The number of rotatable bonds is 3. The summed E-state index contributed by atoms with van der Waals surface area (Å²) >= 11 is 6.02. The van der Waals surface area contributed by atoms with Gasteiger partial charge in [-0.05, 0) is 36.2 Å². The molecule has 0 spiro atoms. The minimum absolute atomic E-state index is 0.0630. The molecule has 0 bridgehead atoms. The van der Waals surface area contributed by atoms with Gasteiger partial charge >= 0.3 is 0 Å². The van der Waals surface area contributed by atoms with Gasteiger partial charge in [0.1, 0.15) is 11.5 Å². The molecule has 144 valence electrons. The first kappa shape index (κ1) is 18.5. The Morgan fingerprint density at radius 1 is 1.18 bits per heavy atom. The maximum absolute atomic E-state index is 12.2. The highest BCUT2D eigenvalue weighted by atomic mass is 35.5. The first-order valence-electron chi connectivity index (χ1n) is 8.88. The van der Waals surface area contributed by atoms with Gasteiger partial charge in [0, 0.05) is 26.1 Å². The molecule has 0 saturated heterocycles. The standard InChI is InChI=1S/C21H19ClN2O4/c1-11(25)20-19(13-3-4-14-10-24(2)6-5-12(14)7-13)21(28-23-20)15-8-16(22)18(27)9-17(15)26/h3-4,7-9,26-27H,5-6,10H2,1-2H3. The van der Waals surface area contributed by atoms with Gasteiger partial charge in [0.2, 0.25) is 0 Å². The Bertz CT molecular complexity index is 1090. The Labute approximate surface area is 167 Å². The Kier molecular flexibility index (Phi) is 4.61. The fraction of sp³-hybridized carbons (Fsp3) is 0.238. The van der Waals surface area contributed by atoms with E-state index in [9.17, 15) is 15.0 Å². The lowest BCUT2D eigenvalue weighted by Crippen LogP contribution is -2.26. The molecule has 2 aromatic carbocycles. The Morgan fingerprint density at radius 2 is 1.96 bits per heavy atom. The number of nitrogens with zero attached hydrogens (tertiary/aromatic N) is 2. The summed E-state index contributed by atoms with van der Waals surface area (Å²) in [6.45, 7) is 3.25.